The minimum absolute atomic E-state index is 0.0905. The Kier molecular flexibility index (Phi) is 4.05. The van der Waals surface area contributed by atoms with Gasteiger partial charge in [0, 0.05) is 12.4 Å². The summed E-state index contributed by atoms with van der Waals surface area (Å²) in [6.45, 7) is 6.53. The molecule has 1 aromatic heterocycles. The molecule has 3 heteroatoms. The summed E-state index contributed by atoms with van der Waals surface area (Å²) in [6.07, 6.45) is 6.60. The van der Waals surface area contributed by atoms with E-state index in [-0.39, 0.29) is 5.41 Å². The van der Waals surface area contributed by atoms with Crippen LogP contribution in [0, 0.1) is 0 Å². The zero-order valence-corrected chi connectivity index (χ0v) is 10.3. The average Bonchev–Trinajstić information content (AvgIpc) is 2.29. The summed E-state index contributed by atoms with van der Waals surface area (Å²) < 4.78 is 0. The van der Waals surface area contributed by atoms with Gasteiger partial charge in [-0.1, -0.05) is 27.2 Å². The molecule has 1 heterocycles. The Balaban J connectivity index is 3.10. The molecule has 0 spiro atoms. The quantitative estimate of drug-likeness (QED) is 0.829. The second-order valence-electron chi connectivity index (χ2n) is 4.49. The average molecular weight is 220 g/mol. The third-order valence-corrected chi connectivity index (χ3v) is 3.30. The first kappa shape index (κ1) is 12.7. The molecule has 88 valence electrons. The van der Waals surface area contributed by atoms with E-state index in [0.29, 0.717) is 5.56 Å². The zero-order valence-electron chi connectivity index (χ0n) is 10.3. The van der Waals surface area contributed by atoms with Gasteiger partial charge in [0.05, 0.1) is 5.56 Å². The lowest BCUT2D eigenvalue weighted by Gasteiger charge is -2.28. The molecule has 0 aliphatic heterocycles. The molecule has 0 fully saturated rings. The molecule has 16 heavy (non-hydrogen) atoms. The third kappa shape index (κ3) is 2.60. The minimum atomic E-state index is -0.413. The van der Waals surface area contributed by atoms with Crippen molar-refractivity contribution in [2.75, 3.05) is 0 Å². The Hall–Kier alpha value is -1.38. The van der Waals surface area contributed by atoms with Gasteiger partial charge in [0.25, 0.3) is 0 Å². The third-order valence-electron chi connectivity index (χ3n) is 3.30. The molecule has 0 saturated carbocycles. The lowest BCUT2D eigenvalue weighted by Crippen LogP contribution is -2.22. The fourth-order valence-corrected chi connectivity index (χ4v) is 1.98. The fourth-order valence-electron chi connectivity index (χ4n) is 1.98. The standard InChI is InChI=1S/C13H20N2O/c1-4-6-13(3,5-2)11-7-10(12(14)16)8-15-9-11/h7-9H,4-6H2,1-3H3,(H2,14,16). The molecular formula is C13H20N2O. The van der Waals surface area contributed by atoms with Crippen molar-refractivity contribution in [2.24, 2.45) is 5.73 Å². The summed E-state index contributed by atoms with van der Waals surface area (Å²) >= 11 is 0. The summed E-state index contributed by atoms with van der Waals surface area (Å²) in [6, 6.07) is 1.87. The molecule has 1 amide bonds. The Morgan fingerprint density at radius 3 is 2.62 bits per heavy atom. The number of hydrogen-bond donors (Lipinski definition) is 1. The first-order valence-electron chi connectivity index (χ1n) is 5.79. The molecular weight excluding hydrogens is 200 g/mol. The van der Waals surface area contributed by atoms with Gasteiger partial charge in [-0.05, 0) is 29.9 Å². The van der Waals surface area contributed by atoms with Crippen LogP contribution in [-0.4, -0.2) is 10.9 Å². The summed E-state index contributed by atoms with van der Waals surface area (Å²) in [5.74, 6) is -0.413. The molecule has 3 nitrogen and oxygen atoms in total. The lowest BCUT2D eigenvalue weighted by molar-refractivity contribution is 0.0999. The van der Waals surface area contributed by atoms with Crippen LogP contribution in [0.2, 0.25) is 0 Å². The van der Waals surface area contributed by atoms with Crippen molar-refractivity contribution in [2.45, 2.75) is 45.4 Å². The van der Waals surface area contributed by atoms with E-state index >= 15 is 0 Å². The highest BCUT2D eigenvalue weighted by atomic mass is 16.1. The first-order chi connectivity index (χ1) is 7.53. The van der Waals surface area contributed by atoms with E-state index in [1.54, 1.807) is 0 Å². The number of hydrogen-bond acceptors (Lipinski definition) is 2. The second-order valence-corrected chi connectivity index (χ2v) is 4.49. The van der Waals surface area contributed by atoms with Crippen LogP contribution >= 0.6 is 0 Å². The number of pyridine rings is 1. The second kappa shape index (κ2) is 5.10. The van der Waals surface area contributed by atoms with Crippen molar-refractivity contribution in [3.8, 4) is 0 Å². The van der Waals surface area contributed by atoms with Crippen molar-refractivity contribution in [3.05, 3.63) is 29.6 Å². The van der Waals surface area contributed by atoms with Gasteiger partial charge in [-0.25, -0.2) is 0 Å². The predicted molar refractivity (Wildman–Crippen MR) is 65.3 cm³/mol. The van der Waals surface area contributed by atoms with Crippen molar-refractivity contribution < 1.29 is 4.79 Å². The molecule has 0 bridgehead atoms. The highest BCUT2D eigenvalue weighted by molar-refractivity contribution is 5.92. The summed E-state index contributed by atoms with van der Waals surface area (Å²) in [4.78, 5) is 15.2. The topological polar surface area (TPSA) is 56.0 Å². The first-order valence-corrected chi connectivity index (χ1v) is 5.79. The Labute approximate surface area is 97.1 Å². The van der Waals surface area contributed by atoms with E-state index in [1.165, 1.54) is 6.20 Å². The van der Waals surface area contributed by atoms with Gasteiger partial charge in [-0.2, -0.15) is 0 Å². The van der Waals surface area contributed by atoms with E-state index in [4.69, 9.17) is 5.73 Å². The lowest BCUT2D eigenvalue weighted by atomic mass is 9.77. The number of amides is 1. The summed E-state index contributed by atoms with van der Waals surface area (Å²) in [5, 5.41) is 0. The van der Waals surface area contributed by atoms with Gasteiger partial charge < -0.3 is 5.73 Å². The maximum atomic E-state index is 11.1. The van der Waals surface area contributed by atoms with Gasteiger partial charge in [-0.3, -0.25) is 9.78 Å². The predicted octanol–water partition coefficient (Wildman–Crippen LogP) is 2.65. The molecule has 1 unspecified atom stereocenters. The van der Waals surface area contributed by atoms with Gasteiger partial charge >= 0.3 is 0 Å². The Morgan fingerprint density at radius 1 is 1.44 bits per heavy atom. The molecule has 0 aliphatic carbocycles. The molecule has 1 aromatic rings. The van der Waals surface area contributed by atoms with Crippen LogP contribution in [0.3, 0.4) is 0 Å². The van der Waals surface area contributed by atoms with E-state index < -0.39 is 5.91 Å². The number of nitrogens with zero attached hydrogens (tertiary/aromatic N) is 1. The van der Waals surface area contributed by atoms with E-state index in [0.717, 1.165) is 24.8 Å². The van der Waals surface area contributed by atoms with E-state index in [2.05, 4.69) is 25.8 Å². The molecule has 1 rings (SSSR count). The summed E-state index contributed by atoms with van der Waals surface area (Å²) in [7, 11) is 0. The van der Waals surface area contributed by atoms with Crippen LogP contribution in [0.4, 0.5) is 0 Å². The molecule has 0 aromatic carbocycles. The van der Waals surface area contributed by atoms with Crippen LogP contribution in [-0.2, 0) is 5.41 Å². The van der Waals surface area contributed by atoms with Gasteiger partial charge in [-0.15, -0.1) is 0 Å². The molecule has 1 atom stereocenters. The van der Waals surface area contributed by atoms with Crippen molar-refractivity contribution in [1.29, 1.82) is 0 Å². The molecule has 0 saturated heterocycles. The number of primary amides is 1. The van der Waals surface area contributed by atoms with Crippen LogP contribution in [0.5, 0.6) is 0 Å². The summed E-state index contributed by atoms with van der Waals surface area (Å²) in [5.41, 5.74) is 6.95. The normalized spacial score (nSPS) is 14.4. The highest BCUT2D eigenvalue weighted by Gasteiger charge is 2.24. The van der Waals surface area contributed by atoms with E-state index in [9.17, 15) is 4.79 Å². The van der Waals surface area contributed by atoms with Gasteiger partial charge in [0.2, 0.25) is 5.91 Å². The van der Waals surface area contributed by atoms with Crippen molar-refractivity contribution >= 4 is 5.91 Å². The fraction of sp³-hybridized carbons (Fsp3) is 0.538. The van der Waals surface area contributed by atoms with Gasteiger partial charge in [0.1, 0.15) is 0 Å². The minimum Gasteiger partial charge on any atom is -0.366 e. The van der Waals surface area contributed by atoms with Crippen molar-refractivity contribution in [1.82, 2.24) is 4.98 Å². The van der Waals surface area contributed by atoms with Crippen LogP contribution in [0.25, 0.3) is 0 Å². The number of carbonyl (C=O) groups excluding carboxylic acids is 1. The van der Waals surface area contributed by atoms with Crippen molar-refractivity contribution in [3.63, 3.8) is 0 Å². The Bertz CT molecular complexity index is 376. The number of carbonyl (C=O) groups is 1. The van der Waals surface area contributed by atoms with Crippen LogP contribution in [0.1, 0.15) is 56.0 Å². The van der Waals surface area contributed by atoms with Gasteiger partial charge in [0.15, 0.2) is 0 Å². The van der Waals surface area contributed by atoms with Crippen LogP contribution in [0.15, 0.2) is 18.5 Å². The SMILES string of the molecule is CCCC(C)(CC)c1cncc(C(N)=O)c1. The molecule has 0 radical (unpaired) electrons. The number of aromatic nitrogens is 1. The Morgan fingerprint density at radius 2 is 2.12 bits per heavy atom. The molecule has 0 aliphatic rings. The number of nitrogens with two attached hydrogens (primary N) is 1. The monoisotopic (exact) mass is 220 g/mol. The molecule has 2 N–H and O–H groups in total. The maximum absolute atomic E-state index is 11.1. The van der Waals surface area contributed by atoms with E-state index in [1.807, 2.05) is 12.3 Å². The largest absolute Gasteiger partial charge is 0.366 e. The van der Waals surface area contributed by atoms with Crippen LogP contribution < -0.4 is 5.73 Å². The smallest absolute Gasteiger partial charge is 0.250 e. The zero-order chi connectivity index (χ0) is 12.2. The maximum Gasteiger partial charge on any atom is 0.250 e. The number of rotatable bonds is 5. The highest BCUT2D eigenvalue weighted by Crippen LogP contribution is 2.32.